The van der Waals surface area contributed by atoms with Gasteiger partial charge in [0.05, 0.1) is 18.3 Å². The molecule has 3 aromatic rings. The quantitative estimate of drug-likeness (QED) is 0.0933. The van der Waals surface area contributed by atoms with E-state index < -0.39 is 12.1 Å². The fraction of sp³-hybridized carbons (Fsp3) is 0.486. The Labute approximate surface area is 252 Å². The summed E-state index contributed by atoms with van der Waals surface area (Å²) in [5.74, 6) is 1.49. The minimum atomic E-state index is -0.801. The van der Waals surface area contributed by atoms with Crippen LogP contribution in [-0.2, 0) is 0 Å². The minimum Gasteiger partial charge on any atom is -0.494 e. The summed E-state index contributed by atoms with van der Waals surface area (Å²) in [4.78, 5) is 12.8. The molecule has 1 N–H and O–H groups in total. The minimum absolute atomic E-state index is 0.123. The van der Waals surface area contributed by atoms with Crippen molar-refractivity contribution in [2.45, 2.75) is 110 Å². The maximum absolute atomic E-state index is 12.8. The topological polar surface area (TPSA) is 65.0 Å². The summed E-state index contributed by atoms with van der Waals surface area (Å²) in [6, 6.07) is 18.4. The van der Waals surface area contributed by atoms with E-state index in [9.17, 15) is 9.90 Å². The summed E-state index contributed by atoms with van der Waals surface area (Å²) in [5.41, 5.74) is 3.92. The first-order chi connectivity index (χ1) is 20.5. The molecular formula is C37H48O5. The van der Waals surface area contributed by atoms with Crippen LogP contribution < -0.4 is 14.2 Å². The van der Waals surface area contributed by atoms with Gasteiger partial charge in [-0.05, 0) is 97.0 Å². The van der Waals surface area contributed by atoms with E-state index in [1.165, 1.54) is 57.8 Å². The Hall–Kier alpha value is -3.31. The number of ether oxygens (including phenoxy) is 3. The highest BCUT2D eigenvalue weighted by Crippen LogP contribution is 2.46. The number of rotatable bonds is 18. The van der Waals surface area contributed by atoms with Gasteiger partial charge >= 0.3 is 5.97 Å². The van der Waals surface area contributed by atoms with Crippen LogP contribution in [0.4, 0.5) is 0 Å². The Kier molecular flexibility index (Phi) is 12.3. The average Bonchev–Trinajstić information content (AvgIpc) is 3.27. The molecule has 0 fully saturated rings. The van der Waals surface area contributed by atoms with Crippen molar-refractivity contribution >= 4 is 5.97 Å². The molecule has 0 saturated carbocycles. The third-order valence-electron chi connectivity index (χ3n) is 8.04. The molecule has 4 rings (SSSR count). The molecule has 0 saturated heterocycles. The third kappa shape index (κ3) is 8.84. The molecule has 3 aromatic carbocycles. The number of aliphatic hydroxyl groups is 1. The molecule has 0 aromatic heterocycles. The van der Waals surface area contributed by atoms with Crippen molar-refractivity contribution in [3.05, 3.63) is 77.4 Å². The van der Waals surface area contributed by atoms with Crippen LogP contribution in [0.15, 0.2) is 60.7 Å². The van der Waals surface area contributed by atoms with E-state index >= 15 is 0 Å². The van der Waals surface area contributed by atoms with Gasteiger partial charge in [-0.3, -0.25) is 0 Å². The fourth-order valence-corrected chi connectivity index (χ4v) is 5.58. The van der Waals surface area contributed by atoms with Crippen LogP contribution in [0.1, 0.15) is 125 Å². The first-order valence-electron chi connectivity index (χ1n) is 16.1. The average molecular weight is 573 g/mol. The molecule has 5 heteroatoms. The highest BCUT2D eigenvalue weighted by atomic mass is 16.5. The molecule has 1 aliphatic rings. The van der Waals surface area contributed by atoms with Crippen molar-refractivity contribution < 1.29 is 24.1 Å². The van der Waals surface area contributed by atoms with Gasteiger partial charge in [0.25, 0.3) is 0 Å². The van der Waals surface area contributed by atoms with E-state index in [2.05, 4.69) is 20.8 Å². The summed E-state index contributed by atoms with van der Waals surface area (Å²) in [7, 11) is 0. The molecule has 0 aliphatic heterocycles. The van der Waals surface area contributed by atoms with Crippen LogP contribution >= 0.6 is 0 Å². The Bertz CT molecular complexity index is 1270. The Balaban J connectivity index is 1.28. The van der Waals surface area contributed by atoms with Gasteiger partial charge in [-0.25, -0.2) is 4.79 Å². The van der Waals surface area contributed by atoms with Crippen molar-refractivity contribution in [1.82, 2.24) is 0 Å². The monoisotopic (exact) mass is 572 g/mol. The predicted octanol–water partition coefficient (Wildman–Crippen LogP) is 9.83. The number of benzene rings is 3. The molecule has 1 aliphatic carbocycles. The van der Waals surface area contributed by atoms with Gasteiger partial charge in [-0.1, -0.05) is 83.8 Å². The van der Waals surface area contributed by atoms with Gasteiger partial charge in [-0.15, -0.1) is 0 Å². The molecule has 0 unspecified atom stereocenters. The van der Waals surface area contributed by atoms with Crippen LogP contribution in [0.5, 0.6) is 17.2 Å². The second-order valence-corrected chi connectivity index (χ2v) is 11.6. The summed E-state index contributed by atoms with van der Waals surface area (Å²) < 4.78 is 17.7. The van der Waals surface area contributed by atoms with Gasteiger partial charge in [0.1, 0.15) is 23.4 Å². The van der Waals surface area contributed by atoms with Crippen LogP contribution in [0.25, 0.3) is 11.1 Å². The zero-order chi connectivity index (χ0) is 29.7. The van der Waals surface area contributed by atoms with E-state index in [4.69, 9.17) is 14.2 Å². The number of unbranched alkanes of at least 4 members (excludes halogenated alkanes) is 9. The summed E-state index contributed by atoms with van der Waals surface area (Å²) in [5, 5.41) is 11.1. The molecule has 42 heavy (non-hydrogen) atoms. The lowest BCUT2D eigenvalue weighted by Crippen LogP contribution is -2.11. The van der Waals surface area contributed by atoms with Crippen LogP contribution in [-0.4, -0.2) is 23.8 Å². The number of aliphatic hydroxyl groups excluding tert-OH is 1. The zero-order valence-electron chi connectivity index (χ0n) is 25.7. The molecule has 5 nitrogen and oxygen atoms in total. The van der Waals surface area contributed by atoms with Crippen LogP contribution in [0.2, 0.25) is 0 Å². The zero-order valence-corrected chi connectivity index (χ0v) is 25.7. The lowest BCUT2D eigenvalue weighted by Gasteiger charge is -2.16. The second kappa shape index (κ2) is 16.4. The van der Waals surface area contributed by atoms with Crippen molar-refractivity contribution in [3.8, 4) is 28.4 Å². The first kappa shape index (κ1) is 31.6. The van der Waals surface area contributed by atoms with E-state index in [1.54, 1.807) is 24.3 Å². The van der Waals surface area contributed by atoms with E-state index in [1.807, 2.05) is 36.4 Å². The number of esters is 1. The summed E-state index contributed by atoms with van der Waals surface area (Å²) >= 11 is 0. The van der Waals surface area contributed by atoms with Crippen molar-refractivity contribution in [2.75, 3.05) is 6.61 Å². The smallest absolute Gasteiger partial charge is 0.343 e. The maximum Gasteiger partial charge on any atom is 0.343 e. The molecule has 226 valence electrons. The van der Waals surface area contributed by atoms with Gasteiger partial charge in [-0.2, -0.15) is 0 Å². The maximum atomic E-state index is 12.8. The third-order valence-corrected chi connectivity index (χ3v) is 8.04. The number of carbonyl (C=O) groups is 1. The molecular weight excluding hydrogens is 524 g/mol. The number of hydrogen-bond donors (Lipinski definition) is 1. The number of fused-ring (bicyclic) bond motifs is 3. The van der Waals surface area contributed by atoms with Gasteiger partial charge in [0.2, 0.25) is 0 Å². The van der Waals surface area contributed by atoms with E-state index in [0.717, 1.165) is 53.0 Å². The molecule has 0 spiro atoms. The second-order valence-electron chi connectivity index (χ2n) is 11.6. The summed E-state index contributed by atoms with van der Waals surface area (Å²) in [6.45, 7) is 7.23. The Morgan fingerprint density at radius 3 is 1.93 bits per heavy atom. The van der Waals surface area contributed by atoms with Gasteiger partial charge < -0.3 is 19.3 Å². The predicted molar refractivity (Wildman–Crippen MR) is 170 cm³/mol. The van der Waals surface area contributed by atoms with Crippen LogP contribution in [0.3, 0.4) is 0 Å². The lowest BCUT2D eigenvalue weighted by atomic mass is 10.1. The van der Waals surface area contributed by atoms with Crippen molar-refractivity contribution in [2.24, 2.45) is 0 Å². The largest absolute Gasteiger partial charge is 0.494 e. The van der Waals surface area contributed by atoms with E-state index in [0.29, 0.717) is 17.9 Å². The molecule has 0 radical (unpaired) electrons. The molecule has 0 bridgehead atoms. The van der Waals surface area contributed by atoms with Crippen molar-refractivity contribution in [1.29, 1.82) is 0 Å². The number of hydrogen-bond acceptors (Lipinski definition) is 5. The Morgan fingerprint density at radius 2 is 1.26 bits per heavy atom. The highest BCUT2D eigenvalue weighted by Gasteiger charge is 2.28. The molecule has 0 amide bonds. The lowest BCUT2D eigenvalue weighted by molar-refractivity contribution is 0.0734. The Morgan fingerprint density at radius 1 is 0.714 bits per heavy atom. The fourth-order valence-electron chi connectivity index (χ4n) is 5.58. The van der Waals surface area contributed by atoms with Gasteiger partial charge in [0.15, 0.2) is 0 Å². The first-order valence-corrected chi connectivity index (χ1v) is 16.1. The van der Waals surface area contributed by atoms with Crippen LogP contribution in [0, 0.1) is 0 Å². The normalized spacial score (nSPS) is 14.2. The van der Waals surface area contributed by atoms with Gasteiger partial charge in [0, 0.05) is 0 Å². The van der Waals surface area contributed by atoms with Crippen molar-refractivity contribution in [3.63, 3.8) is 0 Å². The molecule has 2 atom stereocenters. The SMILES string of the molecule is CCCCCCCCCOc1ccc(C(=O)Oc2ccc3c(c2)[C@@H](O)c2cc(O[C@H](C)CCCCCC)ccc2-3)cc1. The number of carbonyl (C=O) groups excluding carboxylic acids is 1. The highest BCUT2D eigenvalue weighted by molar-refractivity contribution is 5.91. The standard InChI is InChI=1S/C37H48O5/c1-4-6-8-10-11-12-14-24-40-29-18-16-28(17-19-29)37(39)42-31-21-23-33-32-22-20-30(25-34(32)36(38)35(33)26-31)41-27(3)15-13-9-7-5-2/h16-23,25-27,36,38H,4-15,24H2,1-3H3/t27-,36+/m1/s1. The molecule has 0 heterocycles. The van der Waals surface area contributed by atoms with E-state index in [-0.39, 0.29) is 6.10 Å². The summed E-state index contributed by atoms with van der Waals surface area (Å²) in [6.07, 6.45) is 13.9.